The van der Waals surface area contributed by atoms with Crippen LogP contribution in [0.25, 0.3) is 0 Å². The van der Waals surface area contributed by atoms with Gasteiger partial charge in [-0.15, -0.1) is 0 Å². The molecule has 80 valence electrons. The minimum absolute atomic E-state index is 0.570. The summed E-state index contributed by atoms with van der Waals surface area (Å²) in [5, 5.41) is 4.78. The van der Waals surface area contributed by atoms with Gasteiger partial charge < -0.3 is 5.32 Å². The molecular formula is C10H18N2S2. The lowest BCUT2D eigenvalue weighted by Crippen LogP contribution is -2.35. The zero-order valence-corrected chi connectivity index (χ0v) is 10.3. The molecule has 0 amide bonds. The third-order valence-electron chi connectivity index (χ3n) is 2.73. The number of hydrogen-bond acceptors (Lipinski definition) is 4. The van der Waals surface area contributed by atoms with Gasteiger partial charge in [-0.3, -0.25) is 4.99 Å². The summed E-state index contributed by atoms with van der Waals surface area (Å²) in [7, 11) is 0. The van der Waals surface area contributed by atoms with Crippen LogP contribution in [0.4, 0.5) is 0 Å². The summed E-state index contributed by atoms with van der Waals surface area (Å²) in [6.07, 6.45) is 3.79. The Morgan fingerprint density at radius 2 is 2.21 bits per heavy atom. The zero-order valence-electron chi connectivity index (χ0n) is 8.66. The first kappa shape index (κ1) is 10.7. The van der Waals surface area contributed by atoms with E-state index in [0.717, 1.165) is 0 Å². The van der Waals surface area contributed by atoms with Gasteiger partial charge in [0.25, 0.3) is 0 Å². The number of aliphatic imine (C=N–C) groups is 1. The van der Waals surface area contributed by atoms with Crippen molar-refractivity contribution in [1.29, 1.82) is 0 Å². The van der Waals surface area contributed by atoms with Gasteiger partial charge in [0.2, 0.25) is 0 Å². The quantitative estimate of drug-likeness (QED) is 0.788. The monoisotopic (exact) mass is 230 g/mol. The van der Waals surface area contributed by atoms with E-state index in [1.54, 1.807) is 0 Å². The highest BCUT2D eigenvalue weighted by Gasteiger charge is 2.20. The van der Waals surface area contributed by atoms with Crippen molar-refractivity contribution in [2.75, 3.05) is 17.3 Å². The molecule has 0 radical (unpaired) electrons. The molecule has 1 atom stereocenters. The molecular weight excluding hydrogens is 212 g/mol. The Kier molecular flexibility index (Phi) is 4.05. The van der Waals surface area contributed by atoms with Crippen molar-refractivity contribution in [3.05, 3.63) is 0 Å². The van der Waals surface area contributed by atoms with Gasteiger partial charge in [0.1, 0.15) is 0 Å². The summed E-state index contributed by atoms with van der Waals surface area (Å²) < 4.78 is 0. The molecule has 0 spiro atoms. The van der Waals surface area contributed by atoms with E-state index >= 15 is 0 Å². The average Bonchev–Trinajstić information content (AvgIpc) is 2.67. The first-order valence-electron chi connectivity index (χ1n) is 5.43. The topological polar surface area (TPSA) is 24.4 Å². The van der Waals surface area contributed by atoms with E-state index in [9.17, 15) is 0 Å². The normalized spacial score (nSPS) is 28.9. The average molecular weight is 230 g/mol. The predicted molar refractivity (Wildman–Crippen MR) is 67.5 cm³/mol. The van der Waals surface area contributed by atoms with Crippen molar-refractivity contribution in [2.24, 2.45) is 4.99 Å². The fraction of sp³-hybridized carbons (Fsp3) is 0.900. The maximum absolute atomic E-state index is 4.66. The Morgan fingerprint density at radius 3 is 2.86 bits per heavy atom. The van der Waals surface area contributed by atoms with E-state index in [1.807, 2.05) is 11.8 Å². The maximum Gasteiger partial charge on any atom is 0.157 e. The van der Waals surface area contributed by atoms with Crippen LogP contribution in [0.15, 0.2) is 4.99 Å². The third kappa shape index (κ3) is 2.83. The molecule has 2 aliphatic rings. The van der Waals surface area contributed by atoms with Crippen LogP contribution >= 0.6 is 23.5 Å². The first-order valence-corrected chi connectivity index (χ1v) is 7.57. The van der Waals surface area contributed by atoms with Crippen LogP contribution in [0, 0.1) is 0 Å². The number of rotatable bonds is 2. The van der Waals surface area contributed by atoms with Crippen molar-refractivity contribution in [2.45, 2.75) is 38.3 Å². The summed E-state index contributed by atoms with van der Waals surface area (Å²) in [6, 6.07) is 1.26. The van der Waals surface area contributed by atoms with Crippen LogP contribution in [0.2, 0.25) is 0 Å². The lowest BCUT2D eigenvalue weighted by Gasteiger charge is -2.22. The van der Waals surface area contributed by atoms with Crippen molar-refractivity contribution >= 4 is 28.7 Å². The molecule has 2 heterocycles. The smallest absolute Gasteiger partial charge is 0.157 e. The van der Waals surface area contributed by atoms with Gasteiger partial charge in [0, 0.05) is 11.8 Å². The Labute approximate surface area is 94.7 Å². The van der Waals surface area contributed by atoms with Gasteiger partial charge in [0.05, 0.1) is 6.04 Å². The van der Waals surface area contributed by atoms with E-state index in [4.69, 9.17) is 0 Å². The molecule has 0 aromatic carbocycles. The molecule has 0 aliphatic carbocycles. The summed E-state index contributed by atoms with van der Waals surface area (Å²) >= 11 is 3.98. The van der Waals surface area contributed by atoms with Crippen LogP contribution in [-0.2, 0) is 0 Å². The molecule has 1 N–H and O–H groups in total. The Hall–Kier alpha value is 0.170. The SMILES string of the molecule is CCC1CSC(NC2CCSCC2)=N1. The minimum Gasteiger partial charge on any atom is -0.362 e. The number of amidine groups is 1. The van der Waals surface area contributed by atoms with E-state index in [2.05, 4.69) is 29.0 Å². The van der Waals surface area contributed by atoms with Crippen LogP contribution in [0.3, 0.4) is 0 Å². The van der Waals surface area contributed by atoms with Crippen LogP contribution in [0.1, 0.15) is 26.2 Å². The van der Waals surface area contributed by atoms with Crippen molar-refractivity contribution < 1.29 is 0 Å². The molecule has 0 aromatic heterocycles. The van der Waals surface area contributed by atoms with E-state index in [1.165, 1.54) is 41.7 Å². The lowest BCUT2D eigenvalue weighted by atomic mass is 10.2. The lowest BCUT2D eigenvalue weighted by molar-refractivity contribution is 0.568. The van der Waals surface area contributed by atoms with Gasteiger partial charge in [-0.05, 0) is 30.8 Å². The Balaban J connectivity index is 1.79. The van der Waals surface area contributed by atoms with Gasteiger partial charge in [-0.25, -0.2) is 0 Å². The maximum atomic E-state index is 4.66. The van der Waals surface area contributed by atoms with Gasteiger partial charge in [0.15, 0.2) is 5.17 Å². The molecule has 1 unspecified atom stereocenters. The van der Waals surface area contributed by atoms with Crippen molar-refractivity contribution in [1.82, 2.24) is 5.32 Å². The van der Waals surface area contributed by atoms with Crippen LogP contribution in [-0.4, -0.2) is 34.5 Å². The van der Waals surface area contributed by atoms with Crippen molar-refractivity contribution in [3.8, 4) is 0 Å². The van der Waals surface area contributed by atoms with E-state index < -0.39 is 0 Å². The Morgan fingerprint density at radius 1 is 1.43 bits per heavy atom. The minimum atomic E-state index is 0.570. The molecule has 1 fully saturated rings. The number of hydrogen-bond donors (Lipinski definition) is 1. The van der Waals surface area contributed by atoms with Crippen LogP contribution < -0.4 is 5.32 Å². The van der Waals surface area contributed by atoms with E-state index in [-0.39, 0.29) is 0 Å². The third-order valence-corrected chi connectivity index (χ3v) is 4.83. The highest BCUT2D eigenvalue weighted by atomic mass is 32.2. The molecule has 1 saturated heterocycles. The number of nitrogens with zero attached hydrogens (tertiary/aromatic N) is 1. The molecule has 0 aromatic rings. The summed E-state index contributed by atoms with van der Waals surface area (Å²) in [4.78, 5) is 4.66. The van der Waals surface area contributed by atoms with Crippen molar-refractivity contribution in [3.63, 3.8) is 0 Å². The second kappa shape index (κ2) is 5.31. The zero-order chi connectivity index (χ0) is 9.80. The first-order chi connectivity index (χ1) is 6.88. The molecule has 0 bridgehead atoms. The Bertz CT molecular complexity index is 212. The van der Waals surface area contributed by atoms with Crippen LogP contribution in [0.5, 0.6) is 0 Å². The largest absolute Gasteiger partial charge is 0.362 e. The molecule has 2 aliphatic heterocycles. The molecule has 4 heteroatoms. The second-order valence-electron chi connectivity index (χ2n) is 3.84. The summed E-state index contributed by atoms with van der Waals surface area (Å²) in [5.74, 6) is 3.81. The molecule has 0 saturated carbocycles. The van der Waals surface area contributed by atoms with Gasteiger partial charge >= 0.3 is 0 Å². The molecule has 2 nitrogen and oxygen atoms in total. The van der Waals surface area contributed by atoms with E-state index in [0.29, 0.717) is 12.1 Å². The van der Waals surface area contributed by atoms with Gasteiger partial charge in [-0.2, -0.15) is 11.8 Å². The summed E-state index contributed by atoms with van der Waals surface area (Å²) in [5.41, 5.74) is 0. The number of nitrogens with one attached hydrogen (secondary N) is 1. The molecule has 2 rings (SSSR count). The fourth-order valence-corrected chi connectivity index (χ4v) is 3.96. The number of thioether (sulfide) groups is 2. The molecule has 14 heavy (non-hydrogen) atoms. The second-order valence-corrected chi connectivity index (χ2v) is 6.07. The highest BCUT2D eigenvalue weighted by Crippen LogP contribution is 2.22. The highest BCUT2D eigenvalue weighted by molar-refractivity contribution is 8.14. The standard InChI is InChI=1S/C10H18N2S2/c1-2-8-7-14-10(11-8)12-9-3-5-13-6-4-9/h8-9H,2-7H2,1H3,(H,11,12). The van der Waals surface area contributed by atoms with Gasteiger partial charge in [-0.1, -0.05) is 18.7 Å². The fourth-order valence-electron chi connectivity index (χ4n) is 1.72. The summed E-state index contributed by atoms with van der Waals surface area (Å²) in [6.45, 7) is 2.22. The predicted octanol–water partition coefficient (Wildman–Crippen LogP) is 2.35.